The summed E-state index contributed by atoms with van der Waals surface area (Å²) < 4.78 is 0. The van der Waals surface area contributed by atoms with Gasteiger partial charge in [-0.25, -0.2) is 0 Å². The van der Waals surface area contributed by atoms with Gasteiger partial charge in [0.2, 0.25) is 11.8 Å². The van der Waals surface area contributed by atoms with Crippen LogP contribution in [-0.4, -0.2) is 53.2 Å². The number of amides is 3. The number of nitrogens with zero attached hydrogens (tertiary/aromatic N) is 2. The van der Waals surface area contributed by atoms with Crippen LogP contribution in [0.2, 0.25) is 0 Å². The van der Waals surface area contributed by atoms with E-state index in [2.05, 4.69) is 24.4 Å². The zero-order valence-electron chi connectivity index (χ0n) is 17.2. The SMILES string of the molecule is C[C@H](CNC(=O)c1ccc(CN2CC(=O)N3CCC[C@H]3C2=O)cc1)c1ccccc1. The molecule has 2 aromatic carbocycles. The molecule has 2 aliphatic heterocycles. The standard InChI is InChI=1S/C24H27N3O3/c1-17(19-6-3-2-4-7-19)14-25-23(29)20-11-9-18(10-12-20)15-26-16-22(28)27-13-5-8-21(27)24(26)30/h2-4,6-7,9-12,17,21H,5,8,13-16H2,1H3,(H,25,29)/t17-,21+/m1/s1. The zero-order valence-corrected chi connectivity index (χ0v) is 17.2. The molecule has 0 spiro atoms. The third-order valence-corrected chi connectivity index (χ3v) is 6.02. The molecule has 2 fully saturated rings. The molecule has 6 heteroatoms. The molecule has 0 unspecified atom stereocenters. The fourth-order valence-electron chi connectivity index (χ4n) is 4.23. The lowest BCUT2D eigenvalue weighted by molar-refractivity contribution is -0.154. The van der Waals surface area contributed by atoms with Gasteiger partial charge in [-0.15, -0.1) is 0 Å². The van der Waals surface area contributed by atoms with Gasteiger partial charge in [-0.2, -0.15) is 0 Å². The van der Waals surface area contributed by atoms with E-state index in [4.69, 9.17) is 0 Å². The van der Waals surface area contributed by atoms with Crippen molar-refractivity contribution in [3.63, 3.8) is 0 Å². The summed E-state index contributed by atoms with van der Waals surface area (Å²) in [6.45, 7) is 3.86. The van der Waals surface area contributed by atoms with Crippen LogP contribution >= 0.6 is 0 Å². The van der Waals surface area contributed by atoms with Crippen molar-refractivity contribution in [3.05, 3.63) is 71.3 Å². The van der Waals surface area contributed by atoms with E-state index >= 15 is 0 Å². The van der Waals surface area contributed by atoms with E-state index in [-0.39, 0.29) is 36.2 Å². The van der Waals surface area contributed by atoms with Crippen molar-refractivity contribution in [2.75, 3.05) is 19.6 Å². The van der Waals surface area contributed by atoms with E-state index < -0.39 is 0 Å². The van der Waals surface area contributed by atoms with Crippen molar-refractivity contribution in [2.45, 2.75) is 38.3 Å². The van der Waals surface area contributed by atoms with Crippen LogP contribution in [0.15, 0.2) is 54.6 Å². The number of piperazine rings is 1. The minimum absolute atomic E-state index is 0.0284. The average molecular weight is 405 g/mol. The highest BCUT2D eigenvalue weighted by Crippen LogP contribution is 2.24. The fraction of sp³-hybridized carbons (Fsp3) is 0.375. The van der Waals surface area contributed by atoms with Gasteiger partial charge in [0.1, 0.15) is 12.6 Å². The van der Waals surface area contributed by atoms with Crippen LogP contribution in [0.5, 0.6) is 0 Å². The summed E-state index contributed by atoms with van der Waals surface area (Å²) in [6, 6.07) is 17.1. The van der Waals surface area contributed by atoms with Gasteiger partial charge < -0.3 is 15.1 Å². The van der Waals surface area contributed by atoms with E-state index in [0.717, 1.165) is 18.4 Å². The van der Waals surface area contributed by atoms with Crippen molar-refractivity contribution < 1.29 is 14.4 Å². The molecule has 156 valence electrons. The molecule has 2 atom stereocenters. The first-order chi connectivity index (χ1) is 14.5. The lowest BCUT2D eigenvalue weighted by Gasteiger charge is -2.36. The Morgan fingerprint density at radius 1 is 1.10 bits per heavy atom. The third kappa shape index (κ3) is 4.22. The van der Waals surface area contributed by atoms with E-state index in [9.17, 15) is 14.4 Å². The number of nitrogens with one attached hydrogen (secondary N) is 1. The van der Waals surface area contributed by atoms with E-state index in [1.165, 1.54) is 5.56 Å². The summed E-state index contributed by atoms with van der Waals surface area (Å²) >= 11 is 0. The van der Waals surface area contributed by atoms with Gasteiger partial charge in [-0.1, -0.05) is 49.4 Å². The summed E-state index contributed by atoms with van der Waals surface area (Å²) in [7, 11) is 0. The highest BCUT2D eigenvalue weighted by atomic mass is 16.2. The van der Waals surface area contributed by atoms with Crippen LogP contribution < -0.4 is 5.32 Å². The quantitative estimate of drug-likeness (QED) is 0.803. The van der Waals surface area contributed by atoms with E-state index in [1.807, 2.05) is 30.3 Å². The largest absolute Gasteiger partial charge is 0.351 e. The predicted molar refractivity (Wildman–Crippen MR) is 114 cm³/mol. The molecule has 6 nitrogen and oxygen atoms in total. The van der Waals surface area contributed by atoms with Crippen LogP contribution in [0, 0.1) is 0 Å². The van der Waals surface area contributed by atoms with Crippen LogP contribution in [0.25, 0.3) is 0 Å². The topological polar surface area (TPSA) is 69.7 Å². The molecule has 2 heterocycles. The first kappa shape index (κ1) is 20.1. The molecule has 0 aromatic heterocycles. The molecule has 3 amide bonds. The Morgan fingerprint density at radius 2 is 1.83 bits per heavy atom. The van der Waals surface area contributed by atoms with Crippen LogP contribution in [0.1, 0.15) is 47.2 Å². The van der Waals surface area contributed by atoms with Gasteiger partial charge in [0.25, 0.3) is 5.91 Å². The highest BCUT2D eigenvalue weighted by Gasteiger charge is 2.41. The number of hydrogen-bond acceptors (Lipinski definition) is 3. The monoisotopic (exact) mass is 405 g/mol. The van der Waals surface area contributed by atoms with Gasteiger partial charge in [0, 0.05) is 25.2 Å². The molecule has 0 saturated carbocycles. The Kier molecular flexibility index (Phi) is 5.84. The Labute approximate surface area is 176 Å². The Bertz CT molecular complexity index is 926. The second kappa shape index (κ2) is 8.69. The molecular formula is C24H27N3O3. The van der Waals surface area contributed by atoms with Gasteiger partial charge >= 0.3 is 0 Å². The Balaban J connectivity index is 1.33. The predicted octanol–water partition coefficient (Wildman–Crippen LogP) is 2.55. The minimum Gasteiger partial charge on any atom is -0.351 e. The van der Waals surface area contributed by atoms with E-state index in [0.29, 0.717) is 25.2 Å². The average Bonchev–Trinajstić information content (AvgIpc) is 3.27. The molecule has 0 aliphatic carbocycles. The summed E-state index contributed by atoms with van der Waals surface area (Å²) in [5, 5.41) is 2.98. The van der Waals surface area contributed by atoms with Gasteiger partial charge in [-0.3, -0.25) is 14.4 Å². The Morgan fingerprint density at radius 3 is 2.57 bits per heavy atom. The van der Waals surface area contributed by atoms with Gasteiger partial charge in [0.15, 0.2) is 0 Å². The normalized spacial score (nSPS) is 19.6. The number of benzene rings is 2. The second-order valence-corrected chi connectivity index (χ2v) is 8.16. The summed E-state index contributed by atoms with van der Waals surface area (Å²) in [4.78, 5) is 40.8. The molecule has 30 heavy (non-hydrogen) atoms. The minimum atomic E-state index is -0.289. The smallest absolute Gasteiger partial charge is 0.251 e. The first-order valence-electron chi connectivity index (χ1n) is 10.5. The molecule has 4 rings (SSSR count). The second-order valence-electron chi connectivity index (χ2n) is 8.16. The van der Waals surface area contributed by atoms with E-state index in [1.54, 1.807) is 21.9 Å². The van der Waals surface area contributed by atoms with Gasteiger partial charge in [0.05, 0.1) is 0 Å². The summed E-state index contributed by atoms with van der Waals surface area (Å²) in [5.41, 5.74) is 2.69. The maximum Gasteiger partial charge on any atom is 0.251 e. The Hall–Kier alpha value is -3.15. The third-order valence-electron chi connectivity index (χ3n) is 6.02. The van der Waals surface area contributed by atoms with Crippen molar-refractivity contribution in [1.82, 2.24) is 15.1 Å². The molecule has 0 bridgehead atoms. The van der Waals surface area contributed by atoms with Crippen molar-refractivity contribution in [1.29, 1.82) is 0 Å². The molecule has 2 aliphatic rings. The van der Waals surface area contributed by atoms with Crippen molar-refractivity contribution >= 4 is 17.7 Å². The zero-order chi connectivity index (χ0) is 21.1. The highest BCUT2D eigenvalue weighted by molar-refractivity contribution is 5.95. The number of hydrogen-bond donors (Lipinski definition) is 1. The fourth-order valence-corrected chi connectivity index (χ4v) is 4.23. The van der Waals surface area contributed by atoms with Crippen molar-refractivity contribution in [2.24, 2.45) is 0 Å². The molecule has 2 saturated heterocycles. The maximum absolute atomic E-state index is 12.7. The van der Waals surface area contributed by atoms with Gasteiger partial charge in [-0.05, 0) is 42.0 Å². The maximum atomic E-state index is 12.7. The summed E-state index contributed by atoms with van der Waals surface area (Å²) in [6.07, 6.45) is 1.64. The van der Waals surface area contributed by atoms with Crippen LogP contribution in [-0.2, 0) is 16.1 Å². The van der Waals surface area contributed by atoms with Crippen LogP contribution in [0.4, 0.5) is 0 Å². The first-order valence-corrected chi connectivity index (χ1v) is 10.5. The van der Waals surface area contributed by atoms with Crippen molar-refractivity contribution in [3.8, 4) is 0 Å². The molecule has 2 aromatic rings. The molecule has 1 N–H and O–H groups in total. The van der Waals surface area contributed by atoms with Crippen LogP contribution in [0.3, 0.4) is 0 Å². The summed E-state index contributed by atoms with van der Waals surface area (Å²) in [5.74, 6) is 0.173. The lowest BCUT2D eigenvalue weighted by Crippen LogP contribution is -2.56. The number of rotatable bonds is 6. The molecule has 0 radical (unpaired) electrons. The number of carbonyl (C=O) groups is 3. The molecular weight excluding hydrogens is 378 g/mol. The number of fused-ring (bicyclic) bond motifs is 1. The number of carbonyl (C=O) groups excluding carboxylic acids is 3. The lowest BCUT2D eigenvalue weighted by atomic mass is 10.0.